The monoisotopic (exact) mass is 326 g/mol. The molecule has 1 heterocycles. The Bertz CT molecular complexity index is 574. The van der Waals surface area contributed by atoms with E-state index in [4.69, 9.17) is 16.9 Å². The molecule has 0 aliphatic heterocycles. The summed E-state index contributed by atoms with van der Waals surface area (Å²) in [4.78, 5) is 1.20. The zero-order valence-corrected chi connectivity index (χ0v) is 11.9. The molecule has 0 aliphatic carbocycles. The summed E-state index contributed by atoms with van der Waals surface area (Å²) in [6.07, 6.45) is 0. The first kappa shape index (κ1) is 12.4. The topological polar surface area (TPSA) is 35.8 Å². The van der Waals surface area contributed by atoms with E-state index in [0.717, 1.165) is 10.2 Å². The molecule has 0 atom stereocenters. The molecule has 1 N–H and O–H groups in total. The molecule has 1 aromatic heterocycles. The maximum Gasteiger partial charge on any atom is 0.101 e. The van der Waals surface area contributed by atoms with E-state index in [0.29, 0.717) is 17.1 Å². The van der Waals surface area contributed by atoms with Gasteiger partial charge >= 0.3 is 0 Å². The second kappa shape index (κ2) is 5.54. The summed E-state index contributed by atoms with van der Waals surface area (Å²) in [7, 11) is 0. The lowest BCUT2D eigenvalue weighted by molar-refractivity contribution is 1.19. The Kier molecular flexibility index (Phi) is 4.06. The van der Waals surface area contributed by atoms with Crippen LogP contribution in [-0.4, -0.2) is 0 Å². The first-order chi connectivity index (χ1) is 8.19. The molecule has 0 saturated carbocycles. The fourth-order valence-corrected chi connectivity index (χ4v) is 2.95. The molecule has 0 aliphatic rings. The molecule has 2 nitrogen and oxygen atoms in total. The maximum absolute atomic E-state index is 8.97. The number of benzene rings is 1. The van der Waals surface area contributed by atoms with Crippen molar-refractivity contribution in [3.63, 3.8) is 0 Å². The Hall–Kier alpha value is -1.02. The van der Waals surface area contributed by atoms with Crippen LogP contribution in [0.15, 0.2) is 34.1 Å². The van der Waals surface area contributed by atoms with Crippen LogP contribution < -0.4 is 5.32 Å². The fraction of sp³-hybridized carbons (Fsp3) is 0.0833. The molecule has 1 aromatic carbocycles. The number of hydrogen-bond acceptors (Lipinski definition) is 3. The molecule has 0 fully saturated rings. The van der Waals surface area contributed by atoms with E-state index in [2.05, 4.69) is 27.3 Å². The van der Waals surface area contributed by atoms with Crippen molar-refractivity contribution < 1.29 is 0 Å². The largest absolute Gasteiger partial charge is 0.379 e. The third-order valence-electron chi connectivity index (χ3n) is 2.18. The van der Waals surface area contributed by atoms with Crippen LogP contribution in [0.5, 0.6) is 0 Å². The summed E-state index contributed by atoms with van der Waals surface area (Å²) in [5.74, 6) is 0. The predicted octanol–water partition coefficient (Wildman–Crippen LogP) is 4.65. The molecule has 17 heavy (non-hydrogen) atoms. The van der Waals surface area contributed by atoms with E-state index < -0.39 is 0 Å². The highest BCUT2D eigenvalue weighted by Crippen LogP contribution is 2.24. The Balaban J connectivity index is 2.13. The van der Waals surface area contributed by atoms with Crippen LogP contribution in [0.3, 0.4) is 0 Å². The fourth-order valence-electron chi connectivity index (χ4n) is 1.39. The van der Waals surface area contributed by atoms with Gasteiger partial charge in [-0.15, -0.1) is 11.3 Å². The molecule has 0 bridgehead atoms. The smallest absolute Gasteiger partial charge is 0.101 e. The van der Waals surface area contributed by atoms with Crippen LogP contribution in [0.2, 0.25) is 5.02 Å². The first-order valence-corrected chi connectivity index (χ1v) is 6.90. The van der Waals surface area contributed by atoms with E-state index in [9.17, 15) is 0 Å². The van der Waals surface area contributed by atoms with E-state index in [1.165, 1.54) is 4.88 Å². The van der Waals surface area contributed by atoms with Crippen LogP contribution in [0.25, 0.3) is 0 Å². The van der Waals surface area contributed by atoms with Gasteiger partial charge in [-0.25, -0.2) is 0 Å². The van der Waals surface area contributed by atoms with Crippen LogP contribution in [0.1, 0.15) is 10.4 Å². The lowest BCUT2D eigenvalue weighted by Crippen LogP contribution is -1.99. The number of anilines is 1. The van der Waals surface area contributed by atoms with Gasteiger partial charge in [-0.2, -0.15) is 5.26 Å². The Labute approximate surface area is 117 Å². The van der Waals surface area contributed by atoms with Gasteiger partial charge in [0.15, 0.2) is 0 Å². The summed E-state index contributed by atoms with van der Waals surface area (Å²) < 4.78 is 1.07. The van der Waals surface area contributed by atoms with Crippen molar-refractivity contribution in [1.82, 2.24) is 0 Å². The molecule has 0 unspecified atom stereocenters. The van der Waals surface area contributed by atoms with Gasteiger partial charge in [0.25, 0.3) is 0 Å². The zero-order chi connectivity index (χ0) is 12.3. The average molecular weight is 328 g/mol. The van der Waals surface area contributed by atoms with E-state index >= 15 is 0 Å². The minimum atomic E-state index is 0.602. The van der Waals surface area contributed by atoms with Crippen LogP contribution >= 0.6 is 38.9 Å². The maximum atomic E-state index is 8.97. The number of hydrogen-bond donors (Lipinski definition) is 1. The van der Waals surface area contributed by atoms with Gasteiger partial charge in [-0.1, -0.05) is 11.6 Å². The SMILES string of the molecule is N#Cc1ccc(Cl)cc1NCc1cc(Br)cs1. The highest BCUT2D eigenvalue weighted by atomic mass is 79.9. The molecule has 2 rings (SSSR count). The Morgan fingerprint density at radius 1 is 1.41 bits per heavy atom. The number of halogens is 2. The van der Waals surface area contributed by atoms with Gasteiger partial charge in [0.05, 0.1) is 11.3 Å². The molecule has 5 heteroatoms. The molecule has 0 radical (unpaired) electrons. The number of rotatable bonds is 3. The number of thiophene rings is 1. The van der Waals surface area contributed by atoms with E-state index in [1.54, 1.807) is 29.5 Å². The van der Waals surface area contributed by atoms with Gasteiger partial charge in [0.1, 0.15) is 6.07 Å². The third-order valence-corrected chi connectivity index (χ3v) is 4.11. The number of nitrogens with one attached hydrogen (secondary N) is 1. The first-order valence-electron chi connectivity index (χ1n) is 4.85. The van der Waals surface area contributed by atoms with Crippen molar-refractivity contribution in [3.05, 3.63) is 49.6 Å². The zero-order valence-electron chi connectivity index (χ0n) is 8.71. The summed E-state index contributed by atoms with van der Waals surface area (Å²) in [5, 5.41) is 14.8. The van der Waals surface area contributed by atoms with Gasteiger partial charge in [-0.05, 0) is 40.2 Å². The third kappa shape index (κ3) is 3.22. The van der Waals surface area contributed by atoms with Gasteiger partial charge in [0.2, 0.25) is 0 Å². The lowest BCUT2D eigenvalue weighted by Gasteiger charge is -2.07. The van der Waals surface area contributed by atoms with Gasteiger partial charge in [0, 0.05) is 26.3 Å². The normalized spacial score (nSPS) is 9.94. The van der Waals surface area contributed by atoms with Crippen LogP contribution in [0.4, 0.5) is 5.69 Å². The highest BCUT2D eigenvalue weighted by molar-refractivity contribution is 9.10. The molecule has 0 saturated heterocycles. The molecular formula is C12H8BrClN2S. The number of nitrogens with zero attached hydrogens (tertiary/aromatic N) is 1. The quantitative estimate of drug-likeness (QED) is 0.891. The van der Waals surface area contributed by atoms with Crippen LogP contribution in [-0.2, 0) is 6.54 Å². The van der Waals surface area contributed by atoms with Gasteiger partial charge < -0.3 is 5.32 Å². The Morgan fingerprint density at radius 2 is 2.24 bits per heavy atom. The van der Waals surface area contributed by atoms with Crippen molar-refractivity contribution in [1.29, 1.82) is 5.26 Å². The predicted molar refractivity (Wildman–Crippen MR) is 75.5 cm³/mol. The lowest BCUT2D eigenvalue weighted by atomic mass is 10.2. The number of nitriles is 1. The minimum Gasteiger partial charge on any atom is -0.379 e. The molecule has 0 amide bonds. The molecular weight excluding hydrogens is 320 g/mol. The molecule has 0 spiro atoms. The van der Waals surface area contributed by atoms with Crippen molar-refractivity contribution in [2.45, 2.75) is 6.54 Å². The van der Waals surface area contributed by atoms with Crippen molar-refractivity contribution >= 4 is 44.6 Å². The minimum absolute atomic E-state index is 0.602. The van der Waals surface area contributed by atoms with Gasteiger partial charge in [-0.3, -0.25) is 0 Å². The summed E-state index contributed by atoms with van der Waals surface area (Å²) in [5.41, 5.74) is 1.37. The highest BCUT2D eigenvalue weighted by Gasteiger charge is 2.03. The second-order valence-electron chi connectivity index (χ2n) is 3.39. The summed E-state index contributed by atoms with van der Waals surface area (Å²) in [6, 6.07) is 9.39. The van der Waals surface area contributed by atoms with E-state index in [-0.39, 0.29) is 0 Å². The van der Waals surface area contributed by atoms with Crippen molar-refractivity contribution in [2.75, 3.05) is 5.32 Å². The average Bonchev–Trinajstić information content (AvgIpc) is 2.73. The molecule has 86 valence electrons. The summed E-state index contributed by atoms with van der Waals surface area (Å²) >= 11 is 11.0. The summed E-state index contributed by atoms with van der Waals surface area (Å²) in [6.45, 7) is 0.686. The molecule has 2 aromatic rings. The van der Waals surface area contributed by atoms with Crippen molar-refractivity contribution in [3.8, 4) is 6.07 Å². The Morgan fingerprint density at radius 3 is 2.88 bits per heavy atom. The van der Waals surface area contributed by atoms with Crippen LogP contribution in [0, 0.1) is 11.3 Å². The van der Waals surface area contributed by atoms with Crippen molar-refractivity contribution in [2.24, 2.45) is 0 Å². The standard InChI is InChI=1S/C12H8BrClN2S/c13-9-3-11(17-7-9)6-16-12-4-10(14)2-1-8(12)5-15/h1-4,7,16H,6H2. The second-order valence-corrected chi connectivity index (χ2v) is 5.73. The van der Waals surface area contributed by atoms with E-state index in [1.807, 2.05) is 11.4 Å².